The number of thiazole rings is 1. The minimum absolute atomic E-state index is 0.105. The Morgan fingerprint density at radius 3 is 2.61 bits per heavy atom. The van der Waals surface area contributed by atoms with E-state index in [1.165, 1.54) is 23.1 Å². The number of thioether (sulfide) groups is 1. The van der Waals surface area contributed by atoms with E-state index in [1.807, 2.05) is 62.8 Å². The van der Waals surface area contributed by atoms with E-state index in [1.54, 1.807) is 0 Å². The zero-order valence-electron chi connectivity index (χ0n) is 18.2. The van der Waals surface area contributed by atoms with Crippen molar-refractivity contribution in [3.63, 3.8) is 0 Å². The van der Waals surface area contributed by atoms with Crippen LogP contribution in [0.2, 0.25) is 0 Å². The fourth-order valence-corrected chi connectivity index (χ4v) is 4.60. The number of aromatic nitrogens is 4. The lowest BCUT2D eigenvalue weighted by Crippen LogP contribution is -2.23. The van der Waals surface area contributed by atoms with Gasteiger partial charge in [0.15, 0.2) is 10.3 Å². The van der Waals surface area contributed by atoms with Crippen LogP contribution < -0.4 is 10.6 Å². The van der Waals surface area contributed by atoms with Gasteiger partial charge in [-0.25, -0.2) is 4.98 Å². The van der Waals surface area contributed by atoms with Gasteiger partial charge in [-0.05, 0) is 46.2 Å². The molecule has 0 aliphatic carbocycles. The number of nitrogens with zero attached hydrogens (tertiary/aromatic N) is 4. The number of rotatable bonds is 8. The SMILES string of the molecule is CCn1c(CC(=O)Nc2ccc(C)cc2C)nnc1S[C@H](C)C(=O)Nc1nc(C)cs1. The molecule has 31 heavy (non-hydrogen) atoms. The first-order chi connectivity index (χ1) is 14.8. The molecule has 2 amide bonds. The average Bonchev–Trinajstić information content (AvgIpc) is 3.29. The van der Waals surface area contributed by atoms with Gasteiger partial charge in [0, 0.05) is 17.6 Å². The number of hydrogen-bond donors (Lipinski definition) is 2. The molecular formula is C21H26N6O2S2. The molecule has 0 spiro atoms. The highest BCUT2D eigenvalue weighted by atomic mass is 32.2. The highest BCUT2D eigenvalue weighted by Gasteiger charge is 2.21. The third-order valence-corrected chi connectivity index (χ3v) is 6.54. The summed E-state index contributed by atoms with van der Waals surface area (Å²) in [7, 11) is 0. The van der Waals surface area contributed by atoms with Gasteiger partial charge in [-0.2, -0.15) is 0 Å². The van der Waals surface area contributed by atoms with Gasteiger partial charge in [0.2, 0.25) is 11.8 Å². The third kappa shape index (κ3) is 5.92. The van der Waals surface area contributed by atoms with Crippen LogP contribution in [0.1, 0.15) is 36.5 Å². The molecule has 1 aromatic carbocycles. The van der Waals surface area contributed by atoms with Crippen molar-refractivity contribution in [1.29, 1.82) is 0 Å². The summed E-state index contributed by atoms with van der Waals surface area (Å²) in [5, 5.41) is 16.8. The van der Waals surface area contributed by atoms with Crippen LogP contribution in [-0.4, -0.2) is 36.8 Å². The van der Waals surface area contributed by atoms with E-state index >= 15 is 0 Å². The molecule has 3 rings (SSSR count). The molecule has 0 aliphatic rings. The topological polar surface area (TPSA) is 102 Å². The molecule has 0 unspecified atom stereocenters. The van der Waals surface area contributed by atoms with Gasteiger partial charge < -0.3 is 15.2 Å². The Labute approximate surface area is 189 Å². The Balaban J connectivity index is 1.64. The van der Waals surface area contributed by atoms with Crippen LogP contribution in [0.4, 0.5) is 10.8 Å². The summed E-state index contributed by atoms with van der Waals surface area (Å²) >= 11 is 2.70. The van der Waals surface area contributed by atoms with Crippen molar-refractivity contribution in [2.45, 2.75) is 58.0 Å². The molecule has 0 radical (unpaired) electrons. The molecular weight excluding hydrogens is 432 g/mol. The summed E-state index contributed by atoms with van der Waals surface area (Å²) in [6.07, 6.45) is 0.105. The smallest absolute Gasteiger partial charge is 0.239 e. The highest BCUT2D eigenvalue weighted by molar-refractivity contribution is 8.00. The quantitative estimate of drug-likeness (QED) is 0.495. The number of aryl methyl sites for hydroxylation is 3. The highest BCUT2D eigenvalue weighted by Crippen LogP contribution is 2.25. The molecule has 2 N–H and O–H groups in total. The van der Waals surface area contributed by atoms with Gasteiger partial charge in [-0.3, -0.25) is 9.59 Å². The standard InChI is InChI=1S/C21H26N6O2S2/c1-6-27-17(10-18(28)23-16-8-7-12(2)9-13(16)3)25-26-21(27)31-15(5)19(29)24-20-22-14(4)11-30-20/h7-9,11,15H,6,10H2,1-5H3,(H,23,28)(H,22,24,29)/t15-/m1/s1. The first kappa shape index (κ1) is 23.0. The summed E-state index contributed by atoms with van der Waals surface area (Å²) in [5.74, 6) is 0.255. The van der Waals surface area contributed by atoms with Crippen LogP contribution in [0, 0.1) is 20.8 Å². The van der Waals surface area contributed by atoms with Crippen LogP contribution in [0.25, 0.3) is 0 Å². The zero-order valence-corrected chi connectivity index (χ0v) is 19.9. The van der Waals surface area contributed by atoms with Gasteiger partial charge in [0.05, 0.1) is 17.4 Å². The van der Waals surface area contributed by atoms with Crippen LogP contribution in [0.3, 0.4) is 0 Å². The van der Waals surface area contributed by atoms with E-state index in [0.29, 0.717) is 22.7 Å². The Kier molecular flexibility index (Phi) is 7.45. The van der Waals surface area contributed by atoms with E-state index in [-0.39, 0.29) is 18.2 Å². The monoisotopic (exact) mass is 458 g/mol. The summed E-state index contributed by atoms with van der Waals surface area (Å²) in [6.45, 7) is 10.2. The minimum atomic E-state index is -0.393. The van der Waals surface area contributed by atoms with Crippen molar-refractivity contribution in [1.82, 2.24) is 19.7 Å². The van der Waals surface area contributed by atoms with Gasteiger partial charge in [0.25, 0.3) is 0 Å². The van der Waals surface area contributed by atoms with Crippen LogP contribution in [-0.2, 0) is 22.6 Å². The van der Waals surface area contributed by atoms with E-state index < -0.39 is 5.25 Å². The lowest BCUT2D eigenvalue weighted by Gasteiger charge is -2.12. The number of benzene rings is 1. The first-order valence-electron chi connectivity index (χ1n) is 9.95. The molecule has 10 heteroatoms. The summed E-state index contributed by atoms with van der Waals surface area (Å²) < 4.78 is 1.86. The van der Waals surface area contributed by atoms with Gasteiger partial charge in [0.1, 0.15) is 5.82 Å². The maximum absolute atomic E-state index is 12.6. The Morgan fingerprint density at radius 1 is 1.19 bits per heavy atom. The minimum Gasteiger partial charge on any atom is -0.325 e. The zero-order chi connectivity index (χ0) is 22.5. The van der Waals surface area contributed by atoms with Gasteiger partial charge in [-0.15, -0.1) is 21.5 Å². The lowest BCUT2D eigenvalue weighted by molar-refractivity contribution is -0.116. The summed E-state index contributed by atoms with van der Waals surface area (Å²) in [5.41, 5.74) is 3.81. The second-order valence-electron chi connectivity index (χ2n) is 7.23. The molecule has 1 atom stereocenters. The van der Waals surface area contributed by atoms with E-state index in [2.05, 4.69) is 25.8 Å². The van der Waals surface area contributed by atoms with E-state index in [9.17, 15) is 9.59 Å². The fourth-order valence-electron chi connectivity index (χ4n) is 2.98. The van der Waals surface area contributed by atoms with E-state index in [4.69, 9.17) is 0 Å². The molecule has 0 bridgehead atoms. The molecule has 0 aliphatic heterocycles. The fraction of sp³-hybridized carbons (Fsp3) is 0.381. The van der Waals surface area contributed by atoms with Crippen LogP contribution >= 0.6 is 23.1 Å². The van der Waals surface area contributed by atoms with Gasteiger partial charge >= 0.3 is 0 Å². The molecule has 164 valence electrons. The van der Waals surface area contributed by atoms with Crippen LogP contribution in [0.5, 0.6) is 0 Å². The second kappa shape index (κ2) is 10.1. The average molecular weight is 459 g/mol. The third-order valence-electron chi connectivity index (χ3n) is 4.58. The van der Waals surface area contributed by atoms with Crippen molar-refractivity contribution < 1.29 is 9.59 Å². The first-order valence-corrected chi connectivity index (χ1v) is 11.7. The molecule has 0 fully saturated rings. The Hall–Kier alpha value is -2.72. The normalized spacial score (nSPS) is 11.9. The summed E-state index contributed by atoms with van der Waals surface area (Å²) in [4.78, 5) is 29.3. The lowest BCUT2D eigenvalue weighted by atomic mass is 10.1. The van der Waals surface area contributed by atoms with Crippen molar-refractivity contribution in [2.75, 3.05) is 10.6 Å². The predicted molar refractivity (Wildman–Crippen MR) is 125 cm³/mol. The molecule has 0 saturated heterocycles. The predicted octanol–water partition coefficient (Wildman–Crippen LogP) is 3.98. The number of nitrogens with one attached hydrogen (secondary N) is 2. The Morgan fingerprint density at radius 2 is 1.97 bits per heavy atom. The number of anilines is 2. The maximum atomic E-state index is 12.6. The number of carbonyl (C=O) groups excluding carboxylic acids is 2. The molecule has 2 aromatic heterocycles. The number of amides is 2. The molecule has 2 heterocycles. The number of carbonyl (C=O) groups is 2. The largest absolute Gasteiger partial charge is 0.325 e. The molecule has 0 saturated carbocycles. The van der Waals surface area contributed by atoms with E-state index in [0.717, 1.165) is 22.5 Å². The summed E-state index contributed by atoms with van der Waals surface area (Å²) in [6, 6.07) is 5.89. The molecule has 3 aromatic rings. The van der Waals surface area contributed by atoms with Crippen LogP contribution in [0.15, 0.2) is 28.7 Å². The maximum Gasteiger partial charge on any atom is 0.239 e. The van der Waals surface area contributed by atoms with Crippen molar-refractivity contribution in [3.8, 4) is 0 Å². The van der Waals surface area contributed by atoms with Crippen molar-refractivity contribution in [3.05, 3.63) is 46.2 Å². The number of hydrogen-bond acceptors (Lipinski definition) is 7. The van der Waals surface area contributed by atoms with Crippen molar-refractivity contribution >= 4 is 45.7 Å². The van der Waals surface area contributed by atoms with Gasteiger partial charge in [-0.1, -0.05) is 29.5 Å². The Bertz CT molecular complexity index is 1090. The molecule has 8 nitrogen and oxygen atoms in total. The van der Waals surface area contributed by atoms with Crippen molar-refractivity contribution in [2.24, 2.45) is 0 Å². The second-order valence-corrected chi connectivity index (χ2v) is 9.40.